The number of nitrogens with zero attached hydrogens (tertiary/aromatic N) is 3. The van der Waals surface area contributed by atoms with Crippen molar-refractivity contribution in [1.29, 1.82) is 0 Å². The van der Waals surface area contributed by atoms with Crippen molar-refractivity contribution in [3.05, 3.63) is 129 Å². The SMILES string of the molecule is O=C(NCc1cccc(-c2ccc([C@@H]3O[C@H](CN4CCN(c5ccc([N+](=O)[O-])cc5)CC4)C[C@H](c4ccc(CO)cc4)O3)cc2)c1)C(Cl)(Cl)Cl. The summed E-state index contributed by atoms with van der Waals surface area (Å²) in [6.07, 6.45) is -0.208. The Bertz CT molecular complexity index is 1760. The Morgan fingerprint density at radius 2 is 1.54 bits per heavy atom. The molecule has 0 saturated carbocycles. The fourth-order valence-corrected chi connectivity index (χ4v) is 6.47. The number of nitro benzene ring substituents is 1. The van der Waals surface area contributed by atoms with E-state index in [2.05, 4.69) is 15.1 Å². The summed E-state index contributed by atoms with van der Waals surface area (Å²) in [5.74, 6) is -0.685. The van der Waals surface area contributed by atoms with E-state index < -0.39 is 16.0 Å². The Morgan fingerprint density at radius 1 is 0.860 bits per heavy atom. The van der Waals surface area contributed by atoms with Gasteiger partial charge in [-0.3, -0.25) is 19.8 Å². The van der Waals surface area contributed by atoms with Gasteiger partial charge < -0.3 is 24.8 Å². The van der Waals surface area contributed by atoms with Crippen molar-refractivity contribution < 1.29 is 24.3 Å². The number of non-ortho nitro benzene ring substituents is 1. The van der Waals surface area contributed by atoms with E-state index in [1.807, 2.05) is 84.9 Å². The number of hydrogen-bond donors (Lipinski definition) is 2. The number of aliphatic hydroxyl groups excluding tert-OH is 1. The highest BCUT2D eigenvalue weighted by atomic mass is 35.6. The van der Waals surface area contributed by atoms with E-state index in [0.29, 0.717) is 6.42 Å². The fraction of sp³-hybridized carbons (Fsp3) is 0.324. The minimum atomic E-state index is -2.02. The number of carbonyl (C=O) groups is 1. The fourth-order valence-electron chi connectivity index (χ4n) is 6.27. The number of alkyl halides is 3. The third-order valence-corrected chi connectivity index (χ3v) is 9.54. The maximum atomic E-state index is 12.0. The highest BCUT2D eigenvalue weighted by Crippen LogP contribution is 2.39. The average molecular weight is 740 g/mol. The molecule has 2 saturated heterocycles. The van der Waals surface area contributed by atoms with Gasteiger partial charge in [-0.2, -0.15) is 0 Å². The number of benzene rings is 4. The highest BCUT2D eigenvalue weighted by Gasteiger charge is 2.34. The Hall–Kier alpha value is -3.74. The molecule has 262 valence electrons. The van der Waals surface area contributed by atoms with Crippen LogP contribution >= 0.6 is 34.8 Å². The number of aliphatic hydroxyl groups is 1. The average Bonchev–Trinajstić information content (AvgIpc) is 3.14. The Balaban J connectivity index is 1.13. The smallest absolute Gasteiger partial charge is 0.272 e. The molecule has 6 rings (SSSR count). The van der Waals surface area contributed by atoms with Gasteiger partial charge in [0.1, 0.15) is 0 Å². The van der Waals surface area contributed by atoms with Crippen LogP contribution in [0.4, 0.5) is 11.4 Å². The van der Waals surface area contributed by atoms with Gasteiger partial charge in [0.15, 0.2) is 6.29 Å². The minimum absolute atomic E-state index is 0.0229. The lowest BCUT2D eigenvalue weighted by Gasteiger charge is -2.41. The van der Waals surface area contributed by atoms with Gasteiger partial charge in [0.25, 0.3) is 15.4 Å². The monoisotopic (exact) mass is 738 g/mol. The van der Waals surface area contributed by atoms with Crippen molar-refractivity contribution in [2.45, 2.75) is 41.9 Å². The van der Waals surface area contributed by atoms with Gasteiger partial charge in [0.05, 0.1) is 23.7 Å². The van der Waals surface area contributed by atoms with Gasteiger partial charge in [0, 0.05) is 69.1 Å². The Labute approximate surface area is 305 Å². The number of nitrogens with one attached hydrogen (secondary N) is 1. The summed E-state index contributed by atoms with van der Waals surface area (Å²) < 4.78 is 11.2. The zero-order chi connectivity index (χ0) is 35.3. The number of anilines is 1. The van der Waals surface area contributed by atoms with Crippen molar-refractivity contribution in [3.63, 3.8) is 0 Å². The second-order valence-corrected chi connectivity index (χ2v) is 14.7. The second-order valence-electron chi connectivity index (χ2n) is 12.4. The third-order valence-electron chi connectivity index (χ3n) is 9.03. The van der Waals surface area contributed by atoms with Gasteiger partial charge in [-0.15, -0.1) is 0 Å². The first-order valence-corrected chi connectivity index (χ1v) is 17.5. The van der Waals surface area contributed by atoms with E-state index >= 15 is 0 Å². The molecule has 2 aliphatic rings. The quantitative estimate of drug-likeness (QED) is 0.101. The minimum Gasteiger partial charge on any atom is -0.392 e. The molecule has 2 N–H and O–H groups in total. The first kappa shape index (κ1) is 36.1. The second kappa shape index (κ2) is 16.1. The first-order valence-electron chi connectivity index (χ1n) is 16.3. The van der Waals surface area contributed by atoms with Gasteiger partial charge in [0.2, 0.25) is 0 Å². The van der Waals surface area contributed by atoms with Crippen molar-refractivity contribution in [3.8, 4) is 11.1 Å². The lowest BCUT2D eigenvalue weighted by Crippen LogP contribution is -2.49. The summed E-state index contributed by atoms with van der Waals surface area (Å²) in [7, 11) is 0. The van der Waals surface area contributed by atoms with Crippen LogP contribution in [0.25, 0.3) is 11.1 Å². The van der Waals surface area contributed by atoms with Gasteiger partial charge in [-0.25, -0.2) is 0 Å². The molecule has 1 amide bonds. The molecule has 0 spiro atoms. The number of nitro groups is 1. The van der Waals surface area contributed by atoms with E-state index in [9.17, 15) is 20.0 Å². The molecule has 2 heterocycles. The number of amides is 1. The van der Waals surface area contributed by atoms with E-state index in [1.54, 1.807) is 12.1 Å². The topological polar surface area (TPSA) is 117 Å². The normalized spacial score (nSPS) is 20.0. The molecule has 2 aliphatic heterocycles. The predicted molar refractivity (Wildman–Crippen MR) is 194 cm³/mol. The molecule has 2 fully saturated rings. The third kappa shape index (κ3) is 9.13. The molecule has 4 aromatic carbocycles. The molecule has 10 nitrogen and oxygen atoms in total. The van der Waals surface area contributed by atoms with Crippen LogP contribution in [0.5, 0.6) is 0 Å². The predicted octanol–water partition coefficient (Wildman–Crippen LogP) is 7.11. The van der Waals surface area contributed by atoms with Gasteiger partial charge >= 0.3 is 0 Å². The largest absolute Gasteiger partial charge is 0.392 e. The van der Waals surface area contributed by atoms with Crippen LogP contribution in [0.15, 0.2) is 97.1 Å². The molecule has 13 heteroatoms. The van der Waals surface area contributed by atoms with Crippen LogP contribution in [0.2, 0.25) is 0 Å². The van der Waals surface area contributed by atoms with Crippen LogP contribution in [-0.4, -0.2) is 63.5 Å². The van der Waals surface area contributed by atoms with Gasteiger partial charge in [-0.05, 0) is 46.0 Å². The Morgan fingerprint density at radius 3 is 2.18 bits per heavy atom. The maximum Gasteiger partial charge on any atom is 0.272 e. The molecule has 0 radical (unpaired) electrons. The molecule has 4 aromatic rings. The molecule has 0 aliphatic carbocycles. The van der Waals surface area contributed by atoms with E-state index in [1.165, 1.54) is 0 Å². The standard InChI is InChI=1S/C37H37Cl3N4O6/c38-37(39,40)36(46)41-22-26-2-1-3-30(20-26)27-8-10-29(11-9-27)35-49-33(21-34(50-35)28-6-4-25(24-45)5-7-28)23-42-16-18-43(19-17-42)31-12-14-32(15-13-31)44(47)48/h1-15,20,33-35,45H,16-19,21-24H2,(H,41,46)/t33-,34+,35+/m0/s1. The summed E-state index contributed by atoms with van der Waals surface area (Å²) in [5.41, 5.74) is 6.64. The van der Waals surface area contributed by atoms with E-state index in [0.717, 1.165) is 71.8 Å². The van der Waals surface area contributed by atoms with Crippen LogP contribution in [-0.2, 0) is 27.4 Å². The Kier molecular flexibility index (Phi) is 11.6. The van der Waals surface area contributed by atoms with Gasteiger partial charge in [-0.1, -0.05) is 102 Å². The number of rotatable bonds is 10. The molecule has 3 atom stereocenters. The molecular weight excluding hydrogens is 703 g/mol. The van der Waals surface area contributed by atoms with E-state index in [4.69, 9.17) is 44.3 Å². The highest BCUT2D eigenvalue weighted by molar-refractivity contribution is 6.76. The molecule has 50 heavy (non-hydrogen) atoms. The van der Waals surface area contributed by atoms with Crippen LogP contribution in [0, 0.1) is 10.1 Å². The van der Waals surface area contributed by atoms with Crippen molar-refractivity contribution in [2.24, 2.45) is 0 Å². The zero-order valence-corrected chi connectivity index (χ0v) is 29.4. The van der Waals surface area contributed by atoms with Crippen LogP contribution in [0.1, 0.15) is 41.1 Å². The molecular formula is C37H37Cl3N4O6. The molecule has 0 unspecified atom stereocenters. The lowest BCUT2D eigenvalue weighted by atomic mass is 9.98. The maximum absolute atomic E-state index is 12.0. The van der Waals surface area contributed by atoms with E-state index in [-0.39, 0.29) is 36.0 Å². The number of hydrogen-bond acceptors (Lipinski definition) is 8. The van der Waals surface area contributed by atoms with Crippen LogP contribution < -0.4 is 10.2 Å². The summed E-state index contributed by atoms with van der Waals surface area (Å²) in [4.78, 5) is 27.3. The number of ether oxygens (including phenoxy) is 2. The van der Waals surface area contributed by atoms with Crippen LogP contribution in [0.3, 0.4) is 0 Å². The lowest BCUT2D eigenvalue weighted by molar-refractivity contribution is -0.384. The summed E-state index contributed by atoms with van der Waals surface area (Å²) in [6, 6.07) is 30.4. The summed E-state index contributed by atoms with van der Waals surface area (Å²) in [5, 5.41) is 23.3. The summed E-state index contributed by atoms with van der Waals surface area (Å²) >= 11 is 17.0. The number of carbonyl (C=O) groups excluding carboxylic acids is 1. The zero-order valence-electron chi connectivity index (χ0n) is 27.1. The van der Waals surface area contributed by atoms with Crippen molar-refractivity contribution in [2.75, 3.05) is 37.6 Å². The number of halogens is 3. The number of piperazine rings is 1. The molecule has 0 bridgehead atoms. The first-order chi connectivity index (χ1) is 24.1. The van der Waals surface area contributed by atoms with Crippen molar-refractivity contribution in [1.82, 2.24) is 10.2 Å². The molecule has 0 aromatic heterocycles. The van der Waals surface area contributed by atoms with Crippen molar-refractivity contribution >= 4 is 52.1 Å². The summed E-state index contributed by atoms with van der Waals surface area (Å²) in [6.45, 7) is 4.21.